The molecule has 14 heavy (non-hydrogen) atoms. The Bertz CT molecular complexity index is 309. The first-order valence-corrected chi connectivity index (χ1v) is 5.45. The largest absolute Gasteiger partial charge is 0.353 e. The Morgan fingerprint density at radius 3 is 2.64 bits per heavy atom. The number of piperazine rings is 1. The summed E-state index contributed by atoms with van der Waals surface area (Å²) in [4.78, 5) is 12.8. The summed E-state index contributed by atoms with van der Waals surface area (Å²) in [6.45, 7) is 4.26. The molecule has 0 unspecified atom stereocenters. The average molecular weight is 257 g/mol. The summed E-state index contributed by atoms with van der Waals surface area (Å²) >= 11 is 3.47. The van der Waals surface area contributed by atoms with Gasteiger partial charge in [0.15, 0.2) is 0 Å². The van der Waals surface area contributed by atoms with E-state index in [1.165, 1.54) is 0 Å². The fourth-order valence-corrected chi connectivity index (χ4v) is 2.03. The summed E-state index contributed by atoms with van der Waals surface area (Å²) in [5, 5.41) is 0. The predicted molar refractivity (Wildman–Crippen MR) is 59.4 cm³/mol. The lowest BCUT2D eigenvalue weighted by atomic mass is 10.3. The van der Waals surface area contributed by atoms with E-state index in [0.29, 0.717) is 0 Å². The number of anilines is 1. The van der Waals surface area contributed by atoms with Crippen LogP contribution in [0, 0.1) is 0 Å². The van der Waals surface area contributed by atoms with Crippen LogP contribution >= 0.6 is 15.9 Å². The Morgan fingerprint density at radius 2 is 2.00 bits per heavy atom. The third kappa shape index (κ3) is 2.04. The highest BCUT2D eigenvalue weighted by Gasteiger charge is 2.16. The van der Waals surface area contributed by atoms with Gasteiger partial charge in [-0.2, -0.15) is 0 Å². The molecule has 0 spiro atoms. The number of hydrogen-bond donors (Lipinski definition) is 0. The van der Waals surface area contributed by atoms with E-state index in [9.17, 15) is 0 Å². The van der Waals surface area contributed by atoms with E-state index in [2.05, 4.69) is 42.7 Å². The van der Waals surface area contributed by atoms with Crippen LogP contribution in [0.15, 0.2) is 17.0 Å². The van der Waals surface area contributed by atoms with Gasteiger partial charge in [0.1, 0.15) is 12.1 Å². The van der Waals surface area contributed by atoms with E-state index < -0.39 is 0 Å². The van der Waals surface area contributed by atoms with Crippen LogP contribution in [0.2, 0.25) is 0 Å². The van der Waals surface area contributed by atoms with Crippen molar-refractivity contribution in [3.05, 3.63) is 17.0 Å². The van der Waals surface area contributed by atoms with Crippen LogP contribution in [0.25, 0.3) is 0 Å². The molecule has 76 valence electrons. The van der Waals surface area contributed by atoms with Gasteiger partial charge in [-0.1, -0.05) is 0 Å². The molecule has 1 fully saturated rings. The number of halogens is 1. The minimum atomic E-state index is 0.976. The molecule has 0 aromatic carbocycles. The van der Waals surface area contributed by atoms with Crippen molar-refractivity contribution in [1.29, 1.82) is 0 Å². The molecule has 2 heterocycles. The van der Waals surface area contributed by atoms with Gasteiger partial charge >= 0.3 is 0 Å². The van der Waals surface area contributed by atoms with E-state index in [1.807, 2.05) is 0 Å². The summed E-state index contributed by atoms with van der Waals surface area (Å²) in [5.74, 6) is 1.01. The standard InChI is InChI=1S/C9H13BrN4/c1-13-2-4-14(5-3-13)9-8(10)6-11-7-12-9/h6-7H,2-5H2,1H3. The molecule has 1 aromatic heterocycles. The molecule has 1 saturated heterocycles. The molecule has 0 bridgehead atoms. The minimum Gasteiger partial charge on any atom is -0.353 e. The van der Waals surface area contributed by atoms with Gasteiger partial charge in [-0.3, -0.25) is 0 Å². The molecule has 1 aliphatic rings. The van der Waals surface area contributed by atoms with Crippen LogP contribution in [-0.4, -0.2) is 48.1 Å². The normalized spacial score (nSPS) is 18.6. The summed E-state index contributed by atoms with van der Waals surface area (Å²) in [6.07, 6.45) is 3.39. The fourth-order valence-electron chi connectivity index (χ4n) is 1.56. The molecule has 1 aromatic rings. The lowest BCUT2D eigenvalue weighted by Gasteiger charge is -2.33. The third-order valence-electron chi connectivity index (χ3n) is 2.45. The lowest BCUT2D eigenvalue weighted by molar-refractivity contribution is 0.312. The topological polar surface area (TPSA) is 32.3 Å². The zero-order valence-corrected chi connectivity index (χ0v) is 9.74. The SMILES string of the molecule is CN1CCN(c2ncncc2Br)CC1. The smallest absolute Gasteiger partial charge is 0.146 e. The number of nitrogens with zero attached hydrogens (tertiary/aromatic N) is 4. The van der Waals surface area contributed by atoms with Gasteiger partial charge in [0.2, 0.25) is 0 Å². The van der Waals surface area contributed by atoms with Crippen molar-refractivity contribution < 1.29 is 0 Å². The Hall–Kier alpha value is -0.680. The second-order valence-electron chi connectivity index (χ2n) is 3.48. The Morgan fingerprint density at radius 1 is 1.29 bits per heavy atom. The maximum atomic E-state index is 4.28. The first-order chi connectivity index (χ1) is 6.77. The monoisotopic (exact) mass is 256 g/mol. The highest BCUT2D eigenvalue weighted by Crippen LogP contribution is 2.22. The van der Waals surface area contributed by atoms with E-state index in [0.717, 1.165) is 36.5 Å². The van der Waals surface area contributed by atoms with Crippen molar-refractivity contribution in [3.63, 3.8) is 0 Å². The summed E-state index contributed by atoms with van der Waals surface area (Å²) in [5.41, 5.74) is 0. The van der Waals surface area contributed by atoms with E-state index in [4.69, 9.17) is 0 Å². The molecule has 0 N–H and O–H groups in total. The Kier molecular flexibility index (Phi) is 2.98. The van der Waals surface area contributed by atoms with Crippen molar-refractivity contribution >= 4 is 21.7 Å². The summed E-state index contributed by atoms with van der Waals surface area (Å²) < 4.78 is 0.976. The van der Waals surface area contributed by atoms with E-state index in [-0.39, 0.29) is 0 Å². The lowest BCUT2D eigenvalue weighted by Crippen LogP contribution is -2.44. The van der Waals surface area contributed by atoms with Crippen molar-refractivity contribution in [2.45, 2.75) is 0 Å². The zero-order chi connectivity index (χ0) is 9.97. The van der Waals surface area contributed by atoms with Crippen LogP contribution < -0.4 is 4.90 Å². The van der Waals surface area contributed by atoms with Crippen LogP contribution in [0.5, 0.6) is 0 Å². The predicted octanol–water partition coefficient (Wildman–Crippen LogP) is 0.991. The fraction of sp³-hybridized carbons (Fsp3) is 0.556. The highest BCUT2D eigenvalue weighted by atomic mass is 79.9. The average Bonchev–Trinajstić information content (AvgIpc) is 2.20. The molecule has 1 aliphatic heterocycles. The van der Waals surface area contributed by atoms with Gasteiger partial charge in [0.25, 0.3) is 0 Å². The number of aromatic nitrogens is 2. The number of hydrogen-bond acceptors (Lipinski definition) is 4. The van der Waals surface area contributed by atoms with E-state index >= 15 is 0 Å². The zero-order valence-electron chi connectivity index (χ0n) is 8.15. The van der Waals surface area contributed by atoms with Crippen LogP contribution in [0.3, 0.4) is 0 Å². The van der Waals surface area contributed by atoms with E-state index in [1.54, 1.807) is 12.5 Å². The molecule has 0 amide bonds. The molecule has 2 rings (SSSR count). The van der Waals surface area contributed by atoms with Crippen molar-refractivity contribution in [2.24, 2.45) is 0 Å². The second kappa shape index (κ2) is 4.23. The minimum absolute atomic E-state index is 0.976. The number of rotatable bonds is 1. The van der Waals surface area contributed by atoms with Gasteiger partial charge in [0, 0.05) is 32.4 Å². The molecule has 5 heteroatoms. The van der Waals surface area contributed by atoms with Crippen LogP contribution in [0.4, 0.5) is 5.82 Å². The highest BCUT2D eigenvalue weighted by molar-refractivity contribution is 9.10. The van der Waals surface area contributed by atoms with Crippen molar-refractivity contribution in [1.82, 2.24) is 14.9 Å². The maximum absolute atomic E-state index is 4.28. The molecule has 0 aliphatic carbocycles. The van der Waals surface area contributed by atoms with Gasteiger partial charge in [0.05, 0.1) is 4.47 Å². The number of likely N-dealkylation sites (N-methyl/N-ethyl adjacent to an activating group) is 1. The molecule has 0 atom stereocenters. The molecular formula is C9H13BrN4. The maximum Gasteiger partial charge on any atom is 0.146 e. The molecule has 4 nitrogen and oxygen atoms in total. The van der Waals surface area contributed by atoms with Crippen molar-refractivity contribution in [3.8, 4) is 0 Å². The quantitative estimate of drug-likeness (QED) is 0.751. The molecular weight excluding hydrogens is 244 g/mol. The Balaban J connectivity index is 2.12. The summed E-state index contributed by atoms with van der Waals surface area (Å²) in [7, 11) is 2.15. The second-order valence-corrected chi connectivity index (χ2v) is 4.34. The van der Waals surface area contributed by atoms with Gasteiger partial charge < -0.3 is 9.80 Å². The molecule has 0 saturated carbocycles. The molecule has 0 radical (unpaired) electrons. The van der Waals surface area contributed by atoms with Crippen LogP contribution in [0.1, 0.15) is 0 Å². The first kappa shape index (κ1) is 9.86. The van der Waals surface area contributed by atoms with Gasteiger partial charge in [-0.05, 0) is 23.0 Å². The Labute approximate surface area is 92.1 Å². The summed E-state index contributed by atoms with van der Waals surface area (Å²) in [6, 6.07) is 0. The van der Waals surface area contributed by atoms with Gasteiger partial charge in [-0.15, -0.1) is 0 Å². The van der Waals surface area contributed by atoms with Gasteiger partial charge in [-0.25, -0.2) is 9.97 Å². The van der Waals surface area contributed by atoms with Crippen LogP contribution in [-0.2, 0) is 0 Å². The first-order valence-electron chi connectivity index (χ1n) is 4.66. The van der Waals surface area contributed by atoms with Crippen molar-refractivity contribution in [2.75, 3.05) is 38.1 Å². The third-order valence-corrected chi connectivity index (χ3v) is 3.01.